The van der Waals surface area contributed by atoms with Crippen molar-refractivity contribution in [1.29, 1.82) is 0 Å². The van der Waals surface area contributed by atoms with E-state index < -0.39 is 6.09 Å². The van der Waals surface area contributed by atoms with Crippen LogP contribution in [-0.4, -0.2) is 36.3 Å². The number of nitrogens with zero attached hydrogens (tertiary/aromatic N) is 1. The predicted octanol–water partition coefficient (Wildman–Crippen LogP) is 2.60. The van der Waals surface area contributed by atoms with Gasteiger partial charge in [-0.25, -0.2) is 9.18 Å². The zero-order valence-corrected chi connectivity index (χ0v) is 10.0. The van der Waals surface area contributed by atoms with Crippen LogP contribution in [0.2, 0.25) is 0 Å². The van der Waals surface area contributed by atoms with Gasteiger partial charge < -0.3 is 14.7 Å². The van der Waals surface area contributed by atoms with Crippen LogP contribution in [0.15, 0.2) is 24.3 Å². The van der Waals surface area contributed by atoms with Gasteiger partial charge in [-0.2, -0.15) is 0 Å². The maximum atomic E-state index is 13.8. The van der Waals surface area contributed by atoms with Crippen molar-refractivity contribution in [2.75, 3.05) is 20.2 Å². The number of carbonyl (C=O) groups is 1. The third kappa shape index (κ3) is 2.30. The first-order valence-corrected chi connectivity index (χ1v) is 5.63. The molecule has 0 saturated carbocycles. The van der Waals surface area contributed by atoms with E-state index in [4.69, 9.17) is 9.84 Å². The van der Waals surface area contributed by atoms with Gasteiger partial charge in [-0.05, 0) is 24.1 Å². The lowest BCUT2D eigenvalue weighted by Gasteiger charge is -2.24. The van der Waals surface area contributed by atoms with Gasteiger partial charge in [0.2, 0.25) is 0 Å². The molecule has 1 aromatic carbocycles. The molecule has 5 heteroatoms. The number of amides is 1. The molecule has 0 spiro atoms. The van der Waals surface area contributed by atoms with Gasteiger partial charge in [0.25, 0.3) is 0 Å². The van der Waals surface area contributed by atoms with E-state index >= 15 is 0 Å². The molecule has 0 atom stereocenters. The Morgan fingerprint density at radius 3 is 2.83 bits per heavy atom. The van der Waals surface area contributed by atoms with Crippen molar-refractivity contribution >= 4 is 11.7 Å². The number of carboxylic acid groups (broad SMARTS) is 1. The minimum Gasteiger partial charge on any atom is -0.496 e. The van der Waals surface area contributed by atoms with Crippen LogP contribution in [0.3, 0.4) is 0 Å². The zero-order valence-electron chi connectivity index (χ0n) is 10.0. The monoisotopic (exact) mass is 251 g/mol. The first kappa shape index (κ1) is 12.4. The summed E-state index contributed by atoms with van der Waals surface area (Å²) in [5, 5.41) is 8.85. The van der Waals surface area contributed by atoms with Crippen LogP contribution in [0.25, 0.3) is 5.57 Å². The Labute approximate surface area is 104 Å². The predicted molar refractivity (Wildman–Crippen MR) is 65.1 cm³/mol. The quantitative estimate of drug-likeness (QED) is 0.879. The lowest BCUT2D eigenvalue weighted by Crippen LogP contribution is -2.33. The summed E-state index contributed by atoms with van der Waals surface area (Å²) in [5.41, 5.74) is 1.23. The van der Waals surface area contributed by atoms with Crippen LogP contribution in [0.1, 0.15) is 12.0 Å². The summed E-state index contributed by atoms with van der Waals surface area (Å²) in [7, 11) is 1.49. The average Bonchev–Trinajstić information content (AvgIpc) is 2.38. The van der Waals surface area contributed by atoms with Crippen LogP contribution < -0.4 is 4.74 Å². The number of hydrogen-bond acceptors (Lipinski definition) is 2. The molecule has 1 aliphatic rings. The molecule has 1 heterocycles. The lowest BCUT2D eigenvalue weighted by molar-refractivity contribution is 0.150. The van der Waals surface area contributed by atoms with Gasteiger partial charge >= 0.3 is 6.09 Å². The molecular weight excluding hydrogens is 237 g/mol. The standard InChI is InChI=1S/C13H14FNO3/c1-18-11-4-2-3-10(14)12(11)9-5-7-15(8-6-9)13(16)17/h2-5H,6-8H2,1H3,(H,16,17). The third-order valence-electron chi connectivity index (χ3n) is 3.00. The zero-order chi connectivity index (χ0) is 13.1. The highest BCUT2D eigenvalue weighted by atomic mass is 19.1. The van der Waals surface area contributed by atoms with E-state index in [1.165, 1.54) is 18.1 Å². The van der Waals surface area contributed by atoms with Gasteiger partial charge in [0, 0.05) is 13.1 Å². The molecule has 1 N–H and O–H groups in total. The van der Waals surface area contributed by atoms with E-state index in [0.717, 1.165) is 5.57 Å². The minimum absolute atomic E-state index is 0.280. The van der Waals surface area contributed by atoms with Gasteiger partial charge in [0.15, 0.2) is 0 Å². The summed E-state index contributed by atoms with van der Waals surface area (Å²) in [6, 6.07) is 4.66. The van der Waals surface area contributed by atoms with Crippen molar-refractivity contribution in [2.45, 2.75) is 6.42 Å². The Bertz CT molecular complexity index is 499. The molecule has 0 bridgehead atoms. The molecule has 0 aromatic heterocycles. The Morgan fingerprint density at radius 2 is 2.28 bits per heavy atom. The molecule has 1 amide bonds. The maximum absolute atomic E-state index is 13.8. The minimum atomic E-state index is -0.953. The van der Waals surface area contributed by atoms with Crippen LogP contribution in [0.4, 0.5) is 9.18 Å². The Kier molecular flexibility index (Phi) is 3.50. The van der Waals surface area contributed by atoms with Crippen molar-refractivity contribution < 1.29 is 19.0 Å². The molecular formula is C13H14FNO3. The lowest BCUT2D eigenvalue weighted by atomic mass is 9.98. The summed E-state index contributed by atoms with van der Waals surface area (Å²) in [4.78, 5) is 12.1. The Balaban J connectivity index is 2.31. The number of halogens is 1. The van der Waals surface area contributed by atoms with Crippen molar-refractivity contribution in [3.8, 4) is 5.75 Å². The first-order chi connectivity index (χ1) is 8.63. The summed E-state index contributed by atoms with van der Waals surface area (Å²) in [6.45, 7) is 0.654. The van der Waals surface area contributed by atoms with E-state index in [-0.39, 0.29) is 12.4 Å². The van der Waals surface area contributed by atoms with Crippen molar-refractivity contribution in [3.63, 3.8) is 0 Å². The molecule has 0 aliphatic carbocycles. The second kappa shape index (κ2) is 5.08. The van der Waals surface area contributed by atoms with Gasteiger partial charge in [0.05, 0.1) is 12.7 Å². The maximum Gasteiger partial charge on any atom is 0.407 e. The molecule has 2 rings (SSSR count). The molecule has 1 aliphatic heterocycles. The van der Waals surface area contributed by atoms with Crippen molar-refractivity contribution in [1.82, 2.24) is 4.90 Å². The molecule has 4 nitrogen and oxygen atoms in total. The third-order valence-corrected chi connectivity index (χ3v) is 3.00. The normalized spacial score (nSPS) is 15.2. The summed E-state index contributed by atoms with van der Waals surface area (Å²) in [5.74, 6) is 0.134. The largest absolute Gasteiger partial charge is 0.496 e. The highest BCUT2D eigenvalue weighted by Crippen LogP contribution is 2.32. The molecule has 0 radical (unpaired) electrons. The molecule has 1 aromatic rings. The summed E-state index contributed by atoms with van der Waals surface area (Å²) >= 11 is 0. The molecule has 0 saturated heterocycles. The number of methoxy groups -OCH3 is 1. The highest BCUT2D eigenvalue weighted by Gasteiger charge is 2.20. The van der Waals surface area contributed by atoms with Gasteiger partial charge in [-0.15, -0.1) is 0 Å². The highest BCUT2D eigenvalue weighted by molar-refractivity contribution is 5.74. The fraction of sp³-hybridized carbons (Fsp3) is 0.308. The van der Waals surface area contributed by atoms with Crippen LogP contribution in [-0.2, 0) is 0 Å². The van der Waals surface area contributed by atoms with Crippen LogP contribution >= 0.6 is 0 Å². The van der Waals surface area contributed by atoms with Crippen molar-refractivity contribution in [2.24, 2.45) is 0 Å². The van der Waals surface area contributed by atoms with Crippen LogP contribution in [0, 0.1) is 5.82 Å². The average molecular weight is 251 g/mol. The fourth-order valence-electron chi connectivity index (χ4n) is 2.06. The molecule has 0 fully saturated rings. The molecule has 96 valence electrons. The van der Waals surface area contributed by atoms with E-state index in [2.05, 4.69) is 0 Å². The number of rotatable bonds is 2. The van der Waals surface area contributed by atoms with Crippen LogP contribution in [0.5, 0.6) is 5.75 Å². The van der Waals surface area contributed by atoms with E-state index in [9.17, 15) is 9.18 Å². The van der Waals surface area contributed by atoms with E-state index in [0.29, 0.717) is 24.3 Å². The topological polar surface area (TPSA) is 49.8 Å². The van der Waals surface area contributed by atoms with Gasteiger partial charge in [-0.3, -0.25) is 0 Å². The number of benzene rings is 1. The smallest absolute Gasteiger partial charge is 0.407 e. The second-order valence-electron chi connectivity index (χ2n) is 4.03. The Morgan fingerprint density at radius 1 is 1.50 bits per heavy atom. The Hall–Kier alpha value is -2.04. The summed E-state index contributed by atoms with van der Waals surface area (Å²) < 4.78 is 19.0. The summed E-state index contributed by atoms with van der Waals surface area (Å²) in [6.07, 6.45) is 1.27. The van der Waals surface area contributed by atoms with E-state index in [1.807, 2.05) is 0 Å². The van der Waals surface area contributed by atoms with Crippen molar-refractivity contribution in [3.05, 3.63) is 35.7 Å². The molecule has 18 heavy (non-hydrogen) atoms. The number of hydrogen-bond donors (Lipinski definition) is 1. The fourth-order valence-corrected chi connectivity index (χ4v) is 2.06. The first-order valence-electron chi connectivity index (χ1n) is 5.63. The molecule has 0 unspecified atom stereocenters. The SMILES string of the molecule is COc1cccc(F)c1C1=CCN(C(=O)O)CC1. The van der Waals surface area contributed by atoms with Gasteiger partial charge in [0.1, 0.15) is 11.6 Å². The number of ether oxygens (including phenoxy) is 1. The van der Waals surface area contributed by atoms with Gasteiger partial charge in [-0.1, -0.05) is 12.1 Å². The van der Waals surface area contributed by atoms with E-state index in [1.54, 1.807) is 18.2 Å². The second-order valence-corrected chi connectivity index (χ2v) is 4.03.